The highest BCUT2D eigenvalue weighted by Gasteiger charge is 2.26. The first-order valence-electron chi connectivity index (χ1n) is 9.72. The fourth-order valence-electron chi connectivity index (χ4n) is 4.65. The van der Waals surface area contributed by atoms with Crippen molar-refractivity contribution < 1.29 is 0 Å². The van der Waals surface area contributed by atoms with E-state index in [1.165, 1.54) is 54.9 Å². The molecule has 0 radical (unpaired) electrons. The first kappa shape index (κ1) is 15.4. The minimum Gasteiger partial charge on any atom is -0.0622 e. The molecule has 130 valence electrons. The molecule has 5 aromatic carbocycles. The van der Waals surface area contributed by atoms with Crippen LogP contribution in [0.5, 0.6) is 0 Å². The summed E-state index contributed by atoms with van der Waals surface area (Å²) in [5.74, 6) is 0. The molecule has 1 aliphatic carbocycles. The molecule has 0 heteroatoms. The van der Waals surface area contributed by atoms with E-state index >= 15 is 0 Å². The number of hydrogen-bond acceptors (Lipinski definition) is 0. The van der Waals surface area contributed by atoms with Crippen LogP contribution in [0.4, 0.5) is 0 Å². The summed E-state index contributed by atoms with van der Waals surface area (Å²) >= 11 is 0. The summed E-state index contributed by atoms with van der Waals surface area (Å²) in [6.45, 7) is 0. The van der Waals surface area contributed by atoms with Crippen LogP contribution >= 0.6 is 0 Å². The van der Waals surface area contributed by atoms with Crippen LogP contribution in [0.15, 0.2) is 109 Å². The SMILES string of the molecule is c1ccc(C2=C(c3ccccc3)c3cc4ccccc4c4cccc2c34)cc1. The van der Waals surface area contributed by atoms with Crippen molar-refractivity contribution in [3.63, 3.8) is 0 Å². The Morgan fingerprint density at radius 1 is 0.393 bits per heavy atom. The number of rotatable bonds is 2. The third-order valence-corrected chi connectivity index (χ3v) is 5.80. The van der Waals surface area contributed by atoms with Gasteiger partial charge in [0.25, 0.3) is 0 Å². The summed E-state index contributed by atoms with van der Waals surface area (Å²) in [5.41, 5.74) is 7.90. The van der Waals surface area contributed by atoms with Crippen LogP contribution in [0.3, 0.4) is 0 Å². The molecule has 0 nitrogen and oxygen atoms in total. The molecule has 28 heavy (non-hydrogen) atoms. The molecular weight excluding hydrogens is 336 g/mol. The summed E-state index contributed by atoms with van der Waals surface area (Å²) in [5, 5.41) is 5.33. The average molecular weight is 354 g/mol. The molecule has 1 aliphatic rings. The smallest absolute Gasteiger partial charge is 0.00195 e. The molecule has 0 N–H and O–H groups in total. The number of hydrogen-bond donors (Lipinski definition) is 0. The first-order valence-corrected chi connectivity index (χ1v) is 9.72. The quantitative estimate of drug-likeness (QED) is 0.286. The van der Waals surface area contributed by atoms with E-state index in [0.717, 1.165) is 0 Å². The topological polar surface area (TPSA) is 0 Å². The molecule has 0 fully saturated rings. The predicted octanol–water partition coefficient (Wildman–Crippen LogP) is 7.31. The van der Waals surface area contributed by atoms with Crippen LogP contribution in [0, 0.1) is 0 Å². The van der Waals surface area contributed by atoms with Crippen LogP contribution in [-0.2, 0) is 0 Å². The monoisotopic (exact) mass is 354 g/mol. The fraction of sp³-hybridized carbons (Fsp3) is 0. The van der Waals surface area contributed by atoms with E-state index in [9.17, 15) is 0 Å². The standard InChI is InChI=1S/C28H18/c1-3-10-19(11-4-1)26-24-17-9-16-23-22-15-8-7-14-21(22)18-25(28(23)24)27(26)20-12-5-2-6-13-20/h1-18H. The molecule has 0 atom stereocenters. The van der Waals surface area contributed by atoms with Gasteiger partial charge in [-0.2, -0.15) is 0 Å². The van der Waals surface area contributed by atoms with Crippen molar-refractivity contribution in [1.82, 2.24) is 0 Å². The Labute approximate surface area is 164 Å². The normalized spacial score (nSPS) is 12.9. The van der Waals surface area contributed by atoms with Crippen molar-refractivity contribution in [2.24, 2.45) is 0 Å². The van der Waals surface area contributed by atoms with Crippen molar-refractivity contribution in [2.45, 2.75) is 0 Å². The molecule has 6 rings (SSSR count). The highest BCUT2D eigenvalue weighted by Crippen LogP contribution is 2.49. The minimum absolute atomic E-state index is 1.27. The minimum atomic E-state index is 1.27. The third kappa shape index (κ3) is 2.12. The predicted molar refractivity (Wildman–Crippen MR) is 119 cm³/mol. The number of fused-ring (bicyclic) bond motifs is 2. The summed E-state index contributed by atoms with van der Waals surface area (Å²) < 4.78 is 0. The van der Waals surface area contributed by atoms with E-state index < -0.39 is 0 Å². The average Bonchev–Trinajstić information content (AvgIpc) is 3.10. The van der Waals surface area contributed by atoms with Gasteiger partial charge in [0.2, 0.25) is 0 Å². The van der Waals surface area contributed by atoms with E-state index in [2.05, 4.69) is 109 Å². The van der Waals surface area contributed by atoms with Gasteiger partial charge in [-0.15, -0.1) is 0 Å². The molecule has 0 spiro atoms. The Hall–Kier alpha value is -3.64. The van der Waals surface area contributed by atoms with Crippen LogP contribution in [0.2, 0.25) is 0 Å². The molecule has 0 unspecified atom stereocenters. The van der Waals surface area contributed by atoms with Crippen molar-refractivity contribution >= 4 is 32.7 Å². The summed E-state index contributed by atoms with van der Waals surface area (Å²) in [7, 11) is 0. The molecule has 0 aliphatic heterocycles. The zero-order chi connectivity index (χ0) is 18.5. The van der Waals surface area contributed by atoms with Gasteiger partial charge in [-0.05, 0) is 61.0 Å². The van der Waals surface area contributed by atoms with Gasteiger partial charge in [-0.25, -0.2) is 0 Å². The molecule has 0 heterocycles. The zero-order valence-electron chi connectivity index (χ0n) is 15.4. The van der Waals surface area contributed by atoms with Crippen LogP contribution in [-0.4, -0.2) is 0 Å². The lowest BCUT2D eigenvalue weighted by atomic mass is 9.92. The second kappa shape index (κ2) is 5.94. The van der Waals surface area contributed by atoms with Crippen LogP contribution in [0.1, 0.15) is 22.3 Å². The highest BCUT2D eigenvalue weighted by molar-refractivity contribution is 6.25. The molecule has 0 bridgehead atoms. The maximum Gasteiger partial charge on any atom is -0.00195 e. The lowest BCUT2D eigenvalue weighted by molar-refractivity contribution is 1.57. The van der Waals surface area contributed by atoms with E-state index in [1.54, 1.807) is 0 Å². The molecule has 0 amide bonds. The van der Waals surface area contributed by atoms with E-state index in [-0.39, 0.29) is 0 Å². The van der Waals surface area contributed by atoms with Crippen LogP contribution < -0.4 is 0 Å². The van der Waals surface area contributed by atoms with Gasteiger partial charge in [0.1, 0.15) is 0 Å². The lowest BCUT2D eigenvalue weighted by Crippen LogP contribution is -1.90. The van der Waals surface area contributed by atoms with Gasteiger partial charge < -0.3 is 0 Å². The molecule has 0 saturated heterocycles. The van der Waals surface area contributed by atoms with Gasteiger partial charge in [0.05, 0.1) is 0 Å². The van der Waals surface area contributed by atoms with Crippen molar-refractivity contribution in [3.05, 3.63) is 131 Å². The van der Waals surface area contributed by atoms with Crippen molar-refractivity contribution in [3.8, 4) is 0 Å². The van der Waals surface area contributed by atoms with Gasteiger partial charge >= 0.3 is 0 Å². The maximum atomic E-state index is 2.37. The molecule has 5 aromatic rings. The van der Waals surface area contributed by atoms with E-state index in [4.69, 9.17) is 0 Å². The van der Waals surface area contributed by atoms with E-state index in [1.807, 2.05) is 0 Å². The Morgan fingerprint density at radius 2 is 0.964 bits per heavy atom. The molecule has 0 saturated carbocycles. The Bertz CT molecular complexity index is 1370. The summed E-state index contributed by atoms with van der Waals surface area (Å²) in [4.78, 5) is 0. The first-order chi connectivity index (χ1) is 13.9. The second-order valence-electron chi connectivity index (χ2n) is 7.36. The summed E-state index contributed by atoms with van der Waals surface area (Å²) in [6, 6.07) is 39.4. The third-order valence-electron chi connectivity index (χ3n) is 5.80. The van der Waals surface area contributed by atoms with Crippen molar-refractivity contribution in [1.29, 1.82) is 0 Å². The fourth-order valence-corrected chi connectivity index (χ4v) is 4.65. The van der Waals surface area contributed by atoms with Gasteiger partial charge in [-0.1, -0.05) is 103 Å². The Kier molecular flexibility index (Phi) is 3.27. The van der Waals surface area contributed by atoms with Crippen LogP contribution in [0.25, 0.3) is 32.7 Å². The Balaban J connectivity index is 1.82. The summed E-state index contributed by atoms with van der Waals surface area (Å²) in [6.07, 6.45) is 0. The molecular formula is C28H18. The zero-order valence-corrected chi connectivity index (χ0v) is 15.4. The largest absolute Gasteiger partial charge is 0.0622 e. The highest BCUT2D eigenvalue weighted by atomic mass is 14.3. The number of benzene rings is 5. The maximum absolute atomic E-state index is 2.37. The lowest BCUT2D eigenvalue weighted by Gasteiger charge is -2.11. The Morgan fingerprint density at radius 3 is 1.68 bits per heavy atom. The van der Waals surface area contributed by atoms with E-state index in [0.29, 0.717) is 0 Å². The van der Waals surface area contributed by atoms with Crippen molar-refractivity contribution in [2.75, 3.05) is 0 Å². The molecule has 0 aromatic heterocycles. The van der Waals surface area contributed by atoms with Gasteiger partial charge in [0.15, 0.2) is 0 Å². The van der Waals surface area contributed by atoms with Gasteiger partial charge in [0, 0.05) is 0 Å². The van der Waals surface area contributed by atoms with Gasteiger partial charge in [-0.3, -0.25) is 0 Å². The second-order valence-corrected chi connectivity index (χ2v) is 7.36.